The molecule has 8 nitrogen and oxygen atoms in total. The summed E-state index contributed by atoms with van der Waals surface area (Å²) in [6, 6.07) is 13.3. The number of ether oxygens (including phenoxy) is 1. The van der Waals surface area contributed by atoms with Gasteiger partial charge in [0.25, 0.3) is 5.91 Å². The van der Waals surface area contributed by atoms with Crippen molar-refractivity contribution in [3.8, 4) is 11.4 Å². The van der Waals surface area contributed by atoms with Crippen LogP contribution in [0.5, 0.6) is 5.75 Å². The Kier molecular flexibility index (Phi) is 5.16. The number of hydrogen-bond donors (Lipinski definition) is 0. The number of benzene rings is 2. The average molecular weight is 471 g/mol. The maximum atomic E-state index is 13.8. The summed E-state index contributed by atoms with van der Waals surface area (Å²) in [7, 11) is 0. The second-order valence-electron chi connectivity index (χ2n) is 9.26. The van der Waals surface area contributed by atoms with Crippen LogP contribution in [-0.4, -0.2) is 47.1 Å². The van der Waals surface area contributed by atoms with Crippen LogP contribution in [0.1, 0.15) is 58.3 Å². The van der Waals surface area contributed by atoms with Crippen molar-refractivity contribution in [3.63, 3.8) is 0 Å². The predicted octanol–water partition coefficient (Wildman–Crippen LogP) is 3.73. The smallest absolute Gasteiger partial charge is 0.277 e. The standard InChI is InChI=1S/C27H26N4O4/c1-17(32)25-22-11-14-30(20-7-5-19(6-8-20)29-13-3-2-4-24(29)33)27(34)26(22)31(28-25)21-9-10-23-18(16-21)12-15-35-23/h5-10,16H,2-4,11-15H2,1H3. The monoisotopic (exact) mass is 470 g/mol. The van der Waals surface area contributed by atoms with Gasteiger partial charge >= 0.3 is 0 Å². The fourth-order valence-corrected chi connectivity index (χ4v) is 5.27. The lowest BCUT2D eigenvalue weighted by Gasteiger charge is -2.29. The summed E-state index contributed by atoms with van der Waals surface area (Å²) in [6.07, 6.45) is 3.85. The van der Waals surface area contributed by atoms with Gasteiger partial charge in [0.1, 0.15) is 17.1 Å². The van der Waals surface area contributed by atoms with Crippen LogP contribution in [0.25, 0.3) is 5.69 Å². The lowest BCUT2D eigenvalue weighted by Crippen LogP contribution is -2.39. The Balaban J connectivity index is 1.36. The quantitative estimate of drug-likeness (QED) is 0.543. The number of anilines is 2. The molecule has 0 radical (unpaired) electrons. The third-order valence-electron chi connectivity index (χ3n) is 7.06. The summed E-state index contributed by atoms with van der Waals surface area (Å²) in [5.41, 5.74) is 4.90. The average Bonchev–Trinajstić information content (AvgIpc) is 3.50. The Morgan fingerprint density at radius 3 is 2.37 bits per heavy atom. The highest BCUT2D eigenvalue weighted by molar-refractivity contribution is 6.09. The molecule has 3 aromatic rings. The first-order chi connectivity index (χ1) is 17.0. The van der Waals surface area contributed by atoms with Crippen LogP contribution in [0, 0.1) is 0 Å². The van der Waals surface area contributed by atoms with Crippen molar-refractivity contribution in [1.82, 2.24) is 9.78 Å². The molecule has 6 rings (SSSR count). The van der Waals surface area contributed by atoms with Gasteiger partial charge in [-0.2, -0.15) is 5.10 Å². The van der Waals surface area contributed by atoms with Gasteiger partial charge in [-0.3, -0.25) is 14.4 Å². The predicted molar refractivity (Wildman–Crippen MR) is 131 cm³/mol. The number of ketones is 1. The molecular weight excluding hydrogens is 444 g/mol. The molecule has 4 heterocycles. The van der Waals surface area contributed by atoms with E-state index in [1.165, 1.54) is 6.92 Å². The van der Waals surface area contributed by atoms with Crippen LogP contribution >= 0.6 is 0 Å². The number of rotatable bonds is 4. The van der Waals surface area contributed by atoms with Crippen molar-refractivity contribution in [3.05, 3.63) is 65.0 Å². The van der Waals surface area contributed by atoms with Crippen molar-refractivity contribution in [2.45, 2.75) is 39.0 Å². The number of piperidine rings is 1. The van der Waals surface area contributed by atoms with E-state index >= 15 is 0 Å². The Hall–Kier alpha value is -3.94. The van der Waals surface area contributed by atoms with E-state index in [1.54, 1.807) is 9.58 Å². The molecule has 2 aromatic carbocycles. The Morgan fingerprint density at radius 1 is 0.886 bits per heavy atom. The third-order valence-corrected chi connectivity index (χ3v) is 7.06. The van der Waals surface area contributed by atoms with Gasteiger partial charge in [-0.05, 0) is 67.3 Å². The van der Waals surface area contributed by atoms with E-state index in [0.29, 0.717) is 42.9 Å². The topological polar surface area (TPSA) is 84.7 Å². The van der Waals surface area contributed by atoms with Crippen LogP contribution in [0.2, 0.25) is 0 Å². The minimum absolute atomic E-state index is 0.142. The Labute approximate surface area is 203 Å². The number of nitrogens with zero attached hydrogens (tertiary/aromatic N) is 4. The highest BCUT2D eigenvalue weighted by Gasteiger charge is 2.34. The van der Waals surface area contributed by atoms with Gasteiger partial charge in [0, 0.05) is 49.8 Å². The molecule has 0 saturated carbocycles. The zero-order chi connectivity index (χ0) is 24.1. The van der Waals surface area contributed by atoms with E-state index in [4.69, 9.17) is 4.74 Å². The molecule has 0 bridgehead atoms. The van der Waals surface area contributed by atoms with Crippen LogP contribution in [-0.2, 0) is 17.6 Å². The minimum Gasteiger partial charge on any atom is -0.493 e. The molecule has 0 atom stereocenters. The molecule has 1 aromatic heterocycles. The molecule has 0 aliphatic carbocycles. The first-order valence-electron chi connectivity index (χ1n) is 12.1. The van der Waals surface area contributed by atoms with Crippen LogP contribution in [0.4, 0.5) is 11.4 Å². The Morgan fingerprint density at radius 2 is 1.63 bits per heavy atom. The number of aromatic nitrogens is 2. The van der Waals surface area contributed by atoms with Crippen molar-refractivity contribution in [1.29, 1.82) is 0 Å². The number of carbonyl (C=O) groups excluding carboxylic acids is 3. The van der Waals surface area contributed by atoms with E-state index < -0.39 is 0 Å². The molecule has 178 valence electrons. The SMILES string of the molecule is CC(=O)c1nn(-c2ccc3c(c2)CCO3)c2c1CCN(c1ccc(N3CCCCC3=O)cc1)C2=O. The highest BCUT2D eigenvalue weighted by Crippen LogP contribution is 2.33. The summed E-state index contributed by atoms with van der Waals surface area (Å²) in [5.74, 6) is 0.649. The van der Waals surface area contributed by atoms with Gasteiger partial charge in [0.2, 0.25) is 5.91 Å². The van der Waals surface area contributed by atoms with Gasteiger partial charge in [-0.1, -0.05) is 0 Å². The van der Waals surface area contributed by atoms with Crippen molar-refractivity contribution < 1.29 is 19.1 Å². The van der Waals surface area contributed by atoms with Gasteiger partial charge in [0.05, 0.1) is 12.3 Å². The molecule has 0 N–H and O–H groups in total. The molecule has 0 unspecified atom stereocenters. The van der Waals surface area contributed by atoms with Crippen LogP contribution < -0.4 is 14.5 Å². The van der Waals surface area contributed by atoms with Gasteiger partial charge in [0.15, 0.2) is 5.78 Å². The summed E-state index contributed by atoms with van der Waals surface area (Å²) in [5, 5.41) is 4.58. The number of fused-ring (bicyclic) bond motifs is 2. The van der Waals surface area contributed by atoms with Crippen molar-refractivity contribution in [2.24, 2.45) is 0 Å². The molecule has 3 aliphatic rings. The first-order valence-corrected chi connectivity index (χ1v) is 12.1. The lowest BCUT2D eigenvalue weighted by atomic mass is 10.0. The number of Topliss-reactive ketones (excluding diaryl/α,β-unsaturated/α-hetero) is 1. The third kappa shape index (κ3) is 3.60. The maximum absolute atomic E-state index is 13.8. The summed E-state index contributed by atoms with van der Waals surface area (Å²) in [6.45, 7) is 3.31. The number of amides is 2. The van der Waals surface area contributed by atoms with Crippen molar-refractivity contribution in [2.75, 3.05) is 29.5 Å². The largest absolute Gasteiger partial charge is 0.493 e. The van der Waals surface area contributed by atoms with Crippen LogP contribution in [0.15, 0.2) is 42.5 Å². The molecule has 35 heavy (non-hydrogen) atoms. The fourth-order valence-electron chi connectivity index (χ4n) is 5.27. The maximum Gasteiger partial charge on any atom is 0.277 e. The normalized spacial score (nSPS) is 17.3. The zero-order valence-corrected chi connectivity index (χ0v) is 19.6. The summed E-state index contributed by atoms with van der Waals surface area (Å²) in [4.78, 5) is 42.0. The van der Waals surface area contributed by atoms with E-state index in [2.05, 4.69) is 5.10 Å². The van der Waals surface area contributed by atoms with E-state index in [0.717, 1.165) is 54.2 Å². The number of hydrogen-bond acceptors (Lipinski definition) is 5. The first kappa shape index (κ1) is 21.6. The van der Waals surface area contributed by atoms with Crippen LogP contribution in [0.3, 0.4) is 0 Å². The van der Waals surface area contributed by atoms with Gasteiger partial charge in [-0.15, -0.1) is 0 Å². The minimum atomic E-state index is -0.190. The molecule has 3 aliphatic heterocycles. The summed E-state index contributed by atoms with van der Waals surface area (Å²) < 4.78 is 7.23. The van der Waals surface area contributed by atoms with Crippen molar-refractivity contribution >= 4 is 29.0 Å². The molecule has 1 fully saturated rings. The van der Waals surface area contributed by atoms with E-state index in [1.807, 2.05) is 47.4 Å². The van der Waals surface area contributed by atoms with E-state index in [9.17, 15) is 14.4 Å². The zero-order valence-electron chi connectivity index (χ0n) is 19.6. The van der Waals surface area contributed by atoms with Gasteiger partial charge in [-0.25, -0.2) is 4.68 Å². The second-order valence-corrected chi connectivity index (χ2v) is 9.26. The van der Waals surface area contributed by atoms with E-state index in [-0.39, 0.29) is 17.6 Å². The molecular formula is C27H26N4O4. The molecule has 8 heteroatoms. The second kappa shape index (κ2) is 8.37. The number of carbonyl (C=O) groups is 3. The fraction of sp³-hybridized carbons (Fsp3) is 0.333. The lowest BCUT2D eigenvalue weighted by molar-refractivity contribution is -0.119. The molecule has 1 saturated heterocycles. The molecule has 2 amide bonds. The molecule has 0 spiro atoms. The summed E-state index contributed by atoms with van der Waals surface area (Å²) >= 11 is 0. The highest BCUT2D eigenvalue weighted by atomic mass is 16.5. The Bertz CT molecular complexity index is 1360. The van der Waals surface area contributed by atoms with Gasteiger partial charge < -0.3 is 14.5 Å².